The second kappa shape index (κ2) is 3.36. The highest BCUT2D eigenvalue weighted by Gasteiger charge is 2.35. The van der Waals surface area contributed by atoms with Crippen LogP contribution in [-0.4, -0.2) is 10.7 Å². The number of nitrogens with two attached hydrogens (primary N) is 1. The number of hydrogen-bond acceptors (Lipinski definition) is 2. The summed E-state index contributed by atoms with van der Waals surface area (Å²) in [5.41, 5.74) is 2.70. The Morgan fingerprint density at radius 3 is 2.55 bits per heavy atom. The van der Waals surface area contributed by atoms with E-state index in [-0.39, 0.29) is 5.54 Å². The molecule has 0 spiro atoms. The predicted octanol–water partition coefficient (Wildman–Crippen LogP) is 0.657. The lowest BCUT2D eigenvalue weighted by Crippen LogP contribution is -2.56. The summed E-state index contributed by atoms with van der Waals surface area (Å²) in [5, 5.41) is 3.79. The fraction of sp³-hybridized carbons (Fsp3) is 0.857. The van der Waals surface area contributed by atoms with Crippen molar-refractivity contribution in [3.63, 3.8) is 0 Å². The van der Waals surface area contributed by atoms with Crippen molar-refractivity contribution in [3.05, 3.63) is 0 Å². The molecule has 0 unspecified atom stereocenters. The third-order valence-electron chi connectivity index (χ3n) is 2.50. The fourth-order valence-corrected chi connectivity index (χ4v) is 1.66. The Bertz CT molecular complexity index is 148. The van der Waals surface area contributed by atoms with Gasteiger partial charge in [-0.05, 0) is 37.9 Å². The van der Waals surface area contributed by atoms with E-state index >= 15 is 0 Å². The van der Waals surface area contributed by atoms with Gasteiger partial charge in [-0.1, -0.05) is 6.92 Å². The Morgan fingerprint density at radius 1 is 1.64 bits per heavy atom. The van der Waals surface area contributed by atoms with E-state index < -0.39 is 0 Å². The molecule has 0 aromatic carbocycles. The van der Waals surface area contributed by atoms with E-state index in [4.69, 9.17) is 18.1 Å². The van der Waals surface area contributed by atoms with Crippen molar-refractivity contribution in [2.45, 2.75) is 38.1 Å². The van der Waals surface area contributed by atoms with Crippen molar-refractivity contribution in [1.29, 1.82) is 0 Å². The van der Waals surface area contributed by atoms with E-state index in [2.05, 4.69) is 17.7 Å². The normalized spacial score (nSPS) is 20.2. The lowest BCUT2D eigenvalue weighted by Gasteiger charge is -2.42. The maximum Gasteiger partial charge on any atom is 0.181 e. The van der Waals surface area contributed by atoms with Crippen LogP contribution >= 0.6 is 12.2 Å². The molecule has 4 heteroatoms. The summed E-state index contributed by atoms with van der Waals surface area (Å²) in [7, 11) is 0. The molecule has 0 aromatic heterocycles. The van der Waals surface area contributed by atoms with E-state index in [1.807, 2.05) is 0 Å². The molecule has 0 radical (unpaired) electrons. The summed E-state index contributed by atoms with van der Waals surface area (Å²) < 4.78 is 0. The molecule has 3 nitrogen and oxygen atoms in total. The van der Waals surface area contributed by atoms with Gasteiger partial charge < -0.3 is 10.7 Å². The van der Waals surface area contributed by atoms with Gasteiger partial charge in [0.15, 0.2) is 5.11 Å². The van der Waals surface area contributed by atoms with Crippen LogP contribution in [0.5, 0.6) is 0 Å². The SMILES string of the molecule is CCC1(NC(=S)NN)CCC1. The van der Waals surface area contributed by atoms with Gasteiger partial charge in [0.25, 0.3) is 0 Å². The molecule has 0 aliphatic heterocycles. The van der Waals surface area contributed by atoms with Crippen LogP contribution in [0.1, 0.15) is 32.6 Å². The summed E-state index contributed by atoms with van der Waals surface area (Å²) >= 11 is 4.92. The van der Waals surface area contributed by atoms with Gasteiger partial charge in [-0.3, -0.25) is 0 Å². The largest absolute Gasteiger partial charge is 0.356 e. The molecule has 1 aliphatic rings. The Balaban J connectivity index is 2.38. The zero-order valence-electron chi connectivity index (χ0n) is 6.81. The summed E-state index contributed by atoms with van der Waals surface area (Å²) in [6.45, 7) is 2.17. The Labute approximate surface area is 72.7 Å². The van der Waals surface area contributed by atoms with Gasteiger partial charge in [0, 0.05) is 5.54 Å². The van der Waals surface area contributed by atoms with Crippen molar-refractivity contribution in [3.8, 4) is 0 Å². The highest BCUT2D eigenvalue weighted by Crippen LogP contribution is 2.34. The van der Waals surface area contributed by atoms with Crippen LogP contribution in [0.2, 0.25) is 0 Å². The Hall–Kier alpha value is -0.350. The molecule has 64 valence electrons. The van der Waals surface area contributed by atoms with Crippen LogP contribution in [0.3, 0.4) is 0 Å². The third-order valence-corrected chi connectivity index (χ3v) is 2.72. The number of hydrogen-bond donors (Lipinski definition) is 3. The smallest absolute Gasteiger partial charge is 0.181 e. The Kier molecular flexibility index (Phi) is 2.67. The van der Waals surface area contributed by atoms with Crippen LogP contribution < -0.4 is 16.6 Å². The molecule has 0 aromatic rings. The Morgan fingerprint density at radius 2 is 2.27 bits per heavy atom. The zero-order valence-corrected chi connectivity index (χ0v) is 7.63. The van der Waals surface area contributed by atoms with Gasteiger partial charge in [-0.25, -0.2) is 5.84 Å². The quantitative estimate of drug-likeness (QED) is 0.326. The summed E-state index contributed by atoms with van der Waals surface area (Å²) in [6, 6.07) is 0. The first-order valence-electron chi connectivity index (χ1n) is 4.01. The second-order valence-electron chi connectivity index (χ2n) is 3.09. The van der Waals surface area contributed by atoms with Crippen LogP contribution in [-0.2, 0) is 0 Å². The summed E-state index contributed by atoms with van der Waals surface area (Å²) in [4.78, 5) is 0. The molecule has 4 N–H and O–H groups in total. The lowest BCUT2D eigenvalue weighted by atomic mass is 9.75. The molecule has 1 fully saturated rings. The molecule has 1 aliphatic carbocycles. The molecule has 1 rings (SSSR count). The minimum atomic E-state index is 0.253. The van der Waals surface area contributed by atoms with Crippen molar-refractivity contribution in [2.24, 2.45) is 5.84 Å². The monoisotopic (exact) mass is 173 g/mol. The van der Waals surface area contributed by atoms with Gasteiger partial charge in [-0.2, -0.15) is 0 Å². The van der Waals surface area contributed by atoms with Gasteiger partial charge in [0.05, 0.1) is 0 Å². The standard InChI is InChI=1S/C7H15N3S/c1-2-7(4-3-5-7)9-6(11)10-8/h2-5,8H2,1H3,(H2,9,10,11). The van der Waals surface area contributed by atoms with Gasteiger partial charge in [0.1, 0.15) is 0 Å². The van der Waals surface area contributed by atoms with E-state index in [0.717, 1.165) is 6.42 Å². The fourth-order valence-electron chi connectivity index (χ4n) is 1.45. The van der Waals surface area contributed by atoms with Crippen LogP contribution in [0, 0.1) is 0 Å². The maximum atomic E-state index is 5.16. The van der Waals surface area contributed by atoms with Gasteiger partial charge >= 0.3 is 0 Å². The average Bonchev–Trinajstić information content (AvgIpc) is 1.96. The first kappa shape index (κ1) is 8.74. The van der Waals surface area contributed by atoms with Gasteiger partial charge in [0.2, 0.25) is 0 Å². The lowest BCUT2D eigenvalue weighted by molar-refractivity contribution is 0.209. The number of thiocarbonyl (C=S) groups is 1. The summed E-state index contributed by atoms with van der Waals surface area (Å²) in [6.07, 6.45) is 4.85. The van der Waals surface area contributed by atoms with Gasteiger partial charge in [-0.15, -0.1) is 0 Å². The van der Waals surface area contributed by atoms with Crippen molar-refractivity contribution in [1.82, 2.24) is 10.7 Å². The number of rotatable bonds is 2. The van der Waals surface area contributed by atoms with Crippen molar-refractivity contribution < 1.29 is 0 Å². The molecule has 0 amide bonds. The molecule has 0 atom stereocenters. The molecule has 1 saturated carbocycles. The first-order valence-corrected chi connectivity index (χ1v) is 4.42. The minimum absolute atomic E-state index is 0.253. The predicted molar refractivity (Wildman–Crippen MR) is 49.9 cm³/mol. The molecule has 11 heavy (non-hydrogen) atoms. The topological polar surface area (TPSA) is 50.1 Å². The molecule has 0 saturated heterocycles. The molecular weight excluding hydrogens is 158 g/mol. The third kappa shape index (κ3) is 1.81. The minimum Gasteiger partial charge on any atom is -0.356 e. The first-order chi connectivity index (χ1) is 5.22. The highest BCUT2D eigenvalue weighted by atomic mass is 32.1. The number of nitrogens with one attached hydrogen (secondary N) is 2. The molecule has 0 bridgehead atoms. The average molecular weight is 173 g/mol. The maximum absolute atomic E-state index is 5.16. The highest BCUT2D eigenvalue weighted by molar-refractivity contribution is 7.80. The molecule has 0 heterocycles. The zero-order chi connectivity index (χ0) is 8.32. The van der Waals surface area contributed by atoms with Crippen molar-refractivity contribution >= 4 is 17.3 Å². The van der Waals surface area contributed by atoms with Crippen LogP contribution in [0.15, 0.2) is 0 Å². The van der Waals surface area contributed by atoms with Crippen molar-refractivity contribution in [2.75, 3.05) is 0 Å². The van der Waals surface area contributed by atoms with E-state index in [1.54, 1.807) is 0 Å². The van der Waals surface area contributed by atoms with E-state index in [0.29, 0.717) is 5.11 Å². The second-order valence-corrected chi connectivity index (χ2v) is 3.49. The molecular formula is C7H15N3S. The van der Waals surface area contributed by atoms with E-state index in [9.17, 15) is 0 Å². The van der Waals surface area contributed by atoms with Crippen LogP contribution in [0.4, 0.5) is 0 Å². The number of hydrazine groups is 1. The van der Waals surface area contributed by atoms with E-state index in [1.165, 1.54) is 19.3 Å². The van der Waals surface area contributed by atoms with Crippen LogP contribution in [0.25, 0.3) is 0 Å². The summed E-state index contributed by atoms with van der Waals surface area (Å²) in [5.74, 6) is 5.16.